The van der Waals surface area contributed by atoms with Crippen molar-refractivity contribution in [2.45, 2.75) is 13.0 Å². The molecule has 0 amide bonds. The third-order valence-electron chi connectivity index (χ3n) is 3.00. The van der Waals surface area contributed by atoms with Crippen LogP contribution in [0.2, 0.25) is 0 Å². The van der Waals surface area contributed by atoms with Crippen molar-refractivity contribution in [3.05, 3.63) is 46.2 Å². The molecule has 0 saturated heterocycles. The highest BCUT2D eigenvalue weighted by Gasteiger charge is 2.19. The summed E-state index contributed by atoms with van der Waals surface area (Å²) in [5.74, 6) is 1.63. The average molecular weight is 276 g/mol. The molecule has 19 heavy (non-hydrogen) atoms. The van der Waals surface area contributed by atoms with Crippen molar-refractivity contribution in [3.63, 3.8) is 0 Å². The molecule has 0 radical (unpaired) electrons. The number of fused-ring (bicyclic) bond motifs is 1. The third-order valence-corrected chi connectivity index (χ3v) is 3.92. The van der Waals surface area contributed by atoms with Crippen molar-refractivity contribution in [3.8, 4) is 11.5 Å². The van der Waals surface area contributed by atoms with E-state index in [1.807, 2.05) is 31.2 Å². The number of ether oxygens (including phenoxy) is 3. The van der Waals surface area contributed by atoms with Gasteiger partial charge in [-0.15, -0.1) is 11.3 Å². The first-order chi connectivity index (χ1) is 9.38. The number of rotatable bonds is 4. The van der Waals surface area contributed by atoms with E-state index in [9.17, 15) is 0 Å². The summed E-state index contributed by atoms with van der Waals surface area (Å²) in [4.78, 5) is 1.21. The van der Waals surface area contributed by atoms with Gasteiger partial charge in [0.25, 0.3) is 0 Å². The first-order valence-corrected chi connectivity index (χ1v) is 7.31. The van der Waals surface area contributed by atoms with Gasteiger partial charge in [0.15, 0.2) is 11.5 Å². The van der Waals surface area contributed by atoms with Gasteiger partial charge < -0.3 is 14.2 Å². The highest BCUT2D eigenvalue weighted by Crippen LogP contribution is 2.36. The largest absolute Gasteiger partial charge is 0.486 e. The summed E-state index contributed by atoms with van der Waals surface area (Å²) in [7, 11) is 0. The predicted molar refractivity (Wildman–Crippen MR) is 75.2 cm³/mol. The molecule has 0 aliphatic carbocycles. The van der Waals surface area contributed by atoms with Gasteiger partial charge in [-0.05, 0) is 36.1 Å². The summed E-state index contributed by atoms with van der Waals surface area (Å²) in [6.45, 7) is 3.91. The maximum Gasteiger partial charge on any atom is 0.161 e. The minimum absolute atomic E-state index is 0.0270. The van der Waals surface area contributed by atoms with E-state index in [0.29, 0.717) is 19.8 Å². The smallest absolute Gasteiger partial charge is 0.161 e. The van der Waals surface area contributed by atoms with Crippen LogP contribution in [0.1, 0.15) is 23.5 Å². The van der Waals surface area contributed by atoms with Crippen molar-refractivity contribution in [1.29, 1.82) is 0 Å². The van der Waals surface area contributed by atoms with E-state index in [-0.39, 0.29) is 6.10 Å². The van der Waals surface area contributed by atoms with Crippen LogP contribution in [0.15, 0.2) is 35.7 Å². The molecule has 0 N–H and O–H groups in total. The minimum atomic E-state index is -0.0270. The molecule has 4 heteroatoms. The van der Waals surface area contributed by atoms with Crippen LogP contribution in [0.5, 0.6) is 11.5 Å². The van der Waals surface area contributed by atoms with Gasteiger partial charge in [-0.25, -0.2) is 0 Å². The average Bonchev–Trinajstić information content (AvgIpc) is 2.98. The van der Waals surface area contributed by atoms with Gasteiger partial charge in [0.05, 0.1) is 0 Å². The molecule has 100 valence electrons. The molecule has 3 rings (SSSR count). The Labute approximate surface area is 116 Å². The number of hydrogen-bond acceptors (Lipinski definition) is 4. The molecular formula is C15H16O3S. The van der Waals surface area contributed by atoms with Crippen LogP contribution < -0.4 is 9.47 Å². The third kappa shape index (κ3) is 2.60. The fourth-order valence-electron chi connectivity index (χ4n) is 2.17. The number of benzene rings is 1. The second kappa shape index (κ2) is 5.63. The van der Waals surface area contributed by atoms with Gasteiger partial charge >= 0.3 is 0 Å². The molecule has 1 unspecified atom stereocenters. The molecule has 1 atom stereocenters. The van der Waals surface area contributed by atoms with Gasteiger partial charge in [0, 0.05) is 11.5 Å². The number of thiophene rings is 1. The highest BCUT2D eigenvalue weighted by atomic mass is 32.1. The molecule has 0 saturated carbocycles. The Morgan fingerprint density at radius 2 is 2.05 bits per heavy atom. The van der Waals surface area contributed by atoms with Crippen LogP contribution in [-0.4, -0.2) is 19.8 Å². The van der Waals surface area contributed by atoms with Crippen molar-refractivity contribution in [2.24, 2.45) is 0 Å². The molecule has 2 aromatic rings. The molecule has 0 bridgehead atoms. The standard InChI is InChI=1S/C15H16O3S/c1-2-16-15(14-4-3-9-19-14)11-5-6-12-13(10-11)18-8-7-17-12/h3-6,9-10,15H,2,7-8H2,1H3. The van der Waals surface area contributed by atoms with E-state index < -0.39 is 0 Å². The summed E-state index contributed by atoms with van der Waals surface area (Å²) in [5.41, 5.74) is 1.11. The van der Waals surface area contributed by atoms with Gasteiger partial charge in [-0.3, -0.25) is 0 Å². The lowest BCUT2D eigenvalue weighted by atomic mass is 10.1. The lowest BCUT2D eigenvalue weighted by Crippen LogP contribution is -2.16. The topological polar surface area (TPSA) is 27.7 Å². The van der Waals surface area contributed by atoms with E-state index in [0.717, 1.165) is 17.1 Å². The molecule has 1 aliphatic heterocycles. The molecular weight excluding hydrogens is 260 g/mol. The molecule has 3 nitrogen and oxygen atoms in total. The lowest BCUT2D eigenvalue weighted by molar-refractivity contribution is 0.0930. The Balaban J connectivity index is 1.94. The maximum atomic E-state index is 5.88. The van der Waals surface area contributed by atoms with Gasteiger partial charge in [0.1, 0.15) is 19.3 Å². The van der Waals surface area contributed by atoms with Gasteiger partial charge in [0.2, 0.25) is 0 Å². The number of hydrogen-bond donors (Lipinski definition) is 0. The van der Waals surface area contributed by atoms with E-state index in [2.05, 4.69) is 11.4 Å². The van der Waals surface area contributed by atoms with Gasteiger partial charge in [-0.2, -0.15) is 0 Å². The van der Waals surface area contributed by atoms with E-state index in [1.165, 1.54) is 4.88 Å². The first-order valence-electron chi connectivity index (χ1n) is 6.43. The highest BCUT2D eigenvalue weighted by molar-refractivity contribution is 7.10. The summed E-state index contributed by atoms with van der Waals surface area (Å²) < 4.78 is 17.1. The summed E-state index contributed by atoms with van der Waals surface area (Å²) >= 11 is 1.71. The zero-order chi connectivity index (χ0) is 13.1. The van der Waals surface area contributed by atoms with Crippen molar-refractivity contribution in [1.82, 2.24) is 0 Å². The van der Waals surface area contributed by atoms with Crippen LogP contribution in [-0.2, 0) is 4.74 Å². The zero-order valence-electron chi connectivity index (χ0n) is 10.8. The van der Waals surface area contributed by atoms with E-state index in [1.54, 1.807) is 11.3 Å². The van der Waals surface area contributed by atoms with Crippen LogP contribution in [0.25, 0.3) is 0 Å². The Bertz CT molecular complexity index is 536. The normalized spacial score (nSPS) is 15.2. The van der Waals surface area contributed by atoms with Crippen LogP contribution >= 0.6 is 11.3 Å². The SMILES string of the molecule is CCOC(c1ccc2c(c1)OCCO2)c1cccs1. The second-order valence-electron chi connectivity index (χ2n) is 4.25. The first kappa shape index (κ1) is 12.5. The Morgan fingerprint density at radius 1 is 1.21 bits per heavy atom. The molecule has 2 heterocycles. The van der Waals surface area contributed by atoms with Crippen LogP contribution in [0.4, 0.5) is 0 Å². The van der Waals surface area contributed by atoms with Crippen LogP contribution in [0, 0.1) is 0 Å². The fraction of sp³-hybridized carbons (Fsp3) is 0.333. The monoisotopic (exact) mass is 276 g/mol. The molecule has 1 aromatic carbocycles. The zero-order valence-corrected chi connectivity index (χ0v) is 11.6. The molecule has 0 fully saturated rings. The molecule has 0 spiro atoms. The van der Waals surface area contributed by atoms with Crippen molar-refractivity contribution in [2.75, 3.05) is 19.8 Å². The summed E-state index contributed by atoms with van der Waals surface area (Å²) in [5, 5.41) is 2.07. The quantitative estimate of drug-likeness (QED) is 0.853. The minimum Gasteiger partial charge on any atom is -0.486 e. The Morgan fingerprint density at radius 3 is 2.79 bits per heavy atom. The predicted octanol–water partition coefficient (Wildman–Crippen LogP) is 3.65. The second-order valence-corrected chi connectivity index (χ2v) is 5.23. The van der Waals surface area contributed by atoms with Gasteiger partial charge in [-0.1, -0.05) is 12.1 Å². The lowest BCUT2D eigenvalue weighted by Gasteiger charge is -2.21. The summed E-state index contributed by atoms with van der Waals surface area (Å²) in [6, 6.07) is 10.2. The maximum absolute atomic E-state index is 5.88. The van der Waals surface area contributed by atoms with Crippen molar-refractivity contribution >= 4 is 11.3 Å². The fourth-order valence-corrected chi connectivity index (χ4v) is 2.97. The summed E-state index contributed by atoms with van der Waals surface area (Å²) in [6.07, 6.45) is -0.0270. The van der Waals surface area contributed by atoms with E-state index in [4.69, 9.17) is 14.2 Å². The van der Waals surface area contributed by atoms with Crippen LogP contribution in [0.3, 0.4) is 0 Å². The Kier molecular flexibility index (Phi) is 3.71. The van der Waals surface area contributed by atoms with E-state index >= 15 is 0 Å². The molecule has 1 aliphatic rings. The molecule has 1 aromatic heterocycles. The van der Waals surface area contributed by atoms with Crippen molar-refractivity contribution < 1.29 is 14.2 Å². The Hall–Kier alpha value is -1.52.